The zero-order valence-electron chi connectivity index (χ0n) is 10.1. The Kier molecular flexibility index (Phi) is 3.24. The fourth-order valence-corrected chi connectivity index (χ4v) is 1.77. The summed E-state index contributed by atoms with van der Waals surface area (Å²) in [4.78, 5) is 24.7. The van der Waals surface area contributed by atoms with E-state index in [0.29, 0.717) is 22.2 Å². The average molecular weight is 260 g/mol. The Balaban J connectivity index is 2.75. The van der Waals surface area contributed by atoms with Crippen LogP contribution in [-0.4, -0.2) is 23.2 Å². The summed E-state index contributed by atoms with van der Waals surface area (Å²) in [6, 6.07) is 6.27. The molecule has 0 saturated carbocycles. The van der Waals surface area contributed by atoms with E-state index in [-0.39, 0.29) is 11.3 Å². The Hall–Kier alpha value is -2.76. The van der Waals surface area contributed by atoms with Gasteiger partial charge >= 0.3 is 5.97 Å². The Morgan fingerprint density at radius 1 is 1.37 bits per heavy atom. The molecule has 19 heavy (non-hydrogen) atoms. The number of aliphatic carboxylic acids is 1. The summed E-state index contributed by atoms with van der Waals surface area (Å²) in [6.07, 6.45) is 1.34. The lowest BCUT2D eigenvalue weighted by molar-refractivity contribution is -0.132. The number of pyridine rings is 1. The minimum Gasteiger partial charge on any atom is -0.495 e. The number of fused-ring (bicyclic) bond motifs is 1. The van der Waals surface area contributed by atoms with E-state index in [4.69, 9.17) is 15.6 Å². The van der Waals surface area contributed by atoms with Gasteiger partial charge in [0.05, 0.1) is 12.6 Å². The molecular formula is C13H12N2O4. The van der Waals surface area contributed by atoms with Crippen molar-refractivity contribution in [2.24, 2.45) is 5.73 Å². The largest absolute Gasteiger partial charge is 0.495 e. The summed E-state index contributed by atoms with van der Waals surface area (Å²) in [5.74, 6) is -0.702. The maximum atomic E-state index is 11.3. The van der Waals surface area contributed by atoms with Crippen molar-refractivity contribution in [3.05, 3.63) is 45.9 Å². The molecule has 1 heterocycles. The lowest BCUT2D eigenvalue weighted by Gasteiger charge is -2.07. The third-order valence-corrected chi connectivity index (χ3v) is 2.67. The third-order valence-electron chi connectivity index (χ3n) is 2.67. The molecule has 6 nitrogen and oxygen atoms in total. The van der Waals surface area contributed by atoms with E-state index in [9.17, 15) is 9.59 Å². The van der Waals surface area contributed by atoms with Crippen LogP contribution in [-0.2, 0) is 4.79 Å². The van der Waals surface area contributed by atoms with E-state index >= 15 is 0 Å². The van der Waals surface area contributed by atoms with Gasteiger partial charge in [0, 0.05) is 11.5 Å². The quantitative estimate of drug-likeness (QED) is 0.712. The molecule has 0 aliphatic heterocycles. The molecule has 0 saturated heterocycles. The number of hydrogen-bond acceptors (Lipinski definition) is 4. The predicted molar refractivity (Wildman–Crippen MR) is 70.9 cm³/mol. The molecule has 1 aromatic heterocycles. The second kappa shape index (κ2) is 4.85. The number of ether oxygens (including phenoxy) is 1. The Bertz CT molecular complexity index is 731. The molecule has 6 heteroatoms. The highest BCUT2D eigenvalue weighted by atomic mass is 16.5. The summed E-state index contributed by atoms with van der Waals surface area (Å²) in [6.45, 7) is 0. The van der Waals surface area contributed by atoms with Crippen LogP contribution in [0.4, 0.5) is 0 Å². The second-order valence-electron chi connectivity index (χ2n) is 3.87. The van der Waals surface area contributed by atoms with Gasteiger partial charge in [-0.15, -0.1) is 0 Å². The van der Waals surface area contributed by atoms with Gasteiger partial charge in [0.2, 0.25) is 5.56 Å². The number of H-pyrrole nitrogens is 1. The zero-order chi connectivity index (χ0) is 14.0. The first-order valence-corrected chi connectivity index (χ1v) is 5.43. The van der Waals surface area contributed by atoms with E-state index in [1.165, 1.54) is 19.3 Å². The molecule has 2 rings (SSSR count). The molecule has 0 atom stereocenters. The van der Waals surface area contributed by atoms with Crippen LogP contribution in [0.25, 0.3) is 17.0 Å². The van der Waals surface area contributed by atoms with Crippen molar-refractivity contribution in [2.45, 2.75) is 0 Å². The molecule has 0 unspecified atom stereocenters. The first kappa shape index (κ1) is 12.7. The highest BCUT2D eigenvalue weighted by Gasteiger charge is 2.08. The van der Waals surface area contributed by atoms with Gasteiger partial charge in [-0.05, 0) is 23.8 Å². The Labute approximate surface area is 108 Å². The van der Waals surface area contributed by atoms with Gasteiger partial charge in [0.15, 0.2) is 0 Å². The van der Waals surface area contributed by atoms with Gasteiger partial charge in [-0.25, -0.2) is 4.79 Å². The van der Waals surface area contributed by atoms with E-state index in [2.05, 4.69) is 4.98 Å². The number of hydrogen-bond donors (Lipinski definition) is 3. The number of carboxylic acids is 1. The van der Waals surface area contributed by atoms with Gasteiger partial charge in [-0.2, -0.15) is 0 Å². The van der Waals surface area contributed by atoms with Crippen molar-refractivity contribution in [1.82, 2.24) is 4.98 Å². The van der Waals surface area contributed by atoms with E-state index < -0.39 is 5.97 Å². The fraction of sp³-hybridized carbons (Fsp3) is 0.0769. The molecule has 0 aliphatic rings. The summed E-state index contributed by atoms with van der Waals surface area (Å²) < 4.78 is 5.15. The smallest absolute Gasteiger partial charge is 0.351 e. The molecule has 0 aliphatic carbocycles. The van der Waals surface area contributed by atoms with Crippen LogP contribution >= 0.6 is 0 Å². The Morgan fingerprint density at radius 3 is 2.74 bits per heavy atom. The maximum Gasteiger partial charge on any atom is 0.351 e. The highest BCUT2D eigenvalue weighted by molar-refractivity contribution is 5.97. The maximum absolute atomic E-state index is 11.3. The van der Waals surface area contributed by atoms with Crippen LogP contribution in [0, 0.1) is 0 Å². The van der Waals surface area contributed by atoms with Crippen LogP contribution in [0.5, 0.6) is 5.75 Å². The summed E-state index contributed by atoms with van der Waals surface area (Å²) in [5, 5.41) is 9.44. The number of rotatable bonds is 3. The highest BCUT2D eigenvalue weighted by Crippen LogP contribution is 2.26. The van der Waals surface area contributed by atoms with Crippen LogP contribution in [0.15, 0.2) is 34.8 Å². The number of nitrogens with one attached hydrogen (secondary N) is 1. The van der Waals surface area contributed by atoms with E-state index in [1.807, 2.05) is 0 Å². The van der Waals surface area contributed by atoms with Crippen molar-refractivity contribution in [3.8, 4) is 5.75 Å². The SMILES string of the molecule is COc1ccc(C=C(N)C(=O)O)c2ccc(=O)[nH]c12. The molecule has 2 aromatic rings. The summed E-state index contributed by atoms with van der Waals surface area (Å²) >= 11 is 0. The molecule has 0 amide bonds. The fourth-order valence-electron chi connectivity index (χ4n) is 1.77. The minimum absolute atomic E-state index is 0.266. The van der Waals surface area contributed by atoms with E-state index in [1.54, 1.807) is 18.2 Å². The standard InChI is InChI=1S/C13H12N2O4/c1-19-10-4-2-7(6-9(14)13(17)18)8-3-5-11(16)15-12(8)10/h2-6H,14H2,1H3,(H,15,16)(H,17,18). The van der Waals surface area contributed by atoms with Crippen molar-refractivity contribution in [1.29, 1.82) is 0 Å². The molecule has 0 radical (unpaired) electrons. The van der Waals surface area contributed by atoms with Crippen LogP contribution in [0.3, 0.4) is 0 Å². The van der Waals surface area contributed by atoms with Crippen molar-refractivity contribution < 1.29 is 14.6 Å². The topological polar surface area (TPSA) is 105 Å². The van der Waals surface area contributed by atoms with Crippen LogP contribution < -0.4 is 16.0 Å². The lowest BCUT2D eigenvalue weighted by Crippen LogP contribution is -2.09. The first-order chi connectivity index (χ1) is 9.02. The van der Waals surface area contributed by atoms with E-state index in [0.717, 1.165) is 0 Å². The molecule has 0 spiro atoms. The van der Waals surface area contributed by atoms with Crippen LogP contribution in [0.2, 0.25) is 0 Å². The first-order valence-electron chi connectivity index (χ1n) is 5.43. The van der Waals surface area contributed by atoms with Gasteiger partial charge in [-0.1, -0.05) is 6.07 Å². The molecule has 98 valence electrons. The second-order valence-corrected chi connectivity index (χ2v) is 3.87. The number of carboxylic acid groups (broad SMARTS) is 1. The predicted octanol–water partition coefficient (Wildman–Crippen LogP) is 0.921. The number of aromatic amines is 1. The minimum atomic E-state index is -1.20. The van der Waals surface area contributed by atoms with Gasteiger partial charge in [0.25, 0.3) is 0 Å². The summed E-state index contributed by atoms with van der Waals surface area (Å²) in [7, 11) is 1.49. The summed E-state index contributed by atoms with van der Waals surface area (Å²) in [5.41, 5.74) is 5.94. The number of aromatic nitrogens is 1. The number of benzene rings is 1. The molecule has 0 fully saturated rings. The third kappa shape index (κ3) is 2.42. The number of carbonyl (C=O) groups is 1. The Morgan fingerprint density at radius 2 is 2.11 bits per heavy atom. The van der Waals surface area contributed by atoms with Crippen molar-refractivity contribution in [2.75, 3.05) is 7.11 Å². The average Bonchev–Trinajstić information content (AvgIpc) is 2.38. The number of nitrogens with two attached hydrogens (primary N) is 1. The van der Waals surface area contributed by atoms with Gasteiger partial charge in [-0.3, -0.25) is 4.79 Å². The van der Waals surface area contributed by atoms with Crippen LogP contribution in [0.1, 0.15) is 5.56 Å². The normalized spacial score (nSPS) is 11.5. The van der Waals surface area contributed by atoms with Crippen molar-refractivity contribution in [3.63, 3.8) is 0 Å². The molecule has 4 N–H and O–H groups in total. The number of methoxy groups -OCH3 is 1. The van der Waals surface area contributed by atoms with Crippen molar-refractivity contribution >= 4 is 22.9 Å². The monoisotopic (exact) mass is 260 g/mol. The van der Waals surface area contributed by atoms with Gasteiger partial charge < -0.3 is 20.6 Å². The van der Waals surface area contributed by atoms with Gasteiger partial charge in [0.1, 0.15) is 11.4 Å². The molecule has 1 aromatic carbocycles. The molecule has 0 bridgehead atoms. The lowest BCUT2D eigenvalue weighted by atomic mass is 10.1. The molecular weight excluding hydrogens is 248 g/mol. The zero-order valence-corrected chi connectivity index (χ0v) is 10.1.